The fraction of sp³-hybridized carbons (Fsp3) is 0.417. The van der Waals surface area contributed by atoms with Gasteiger partial charge in [0.25, 0.3) is 11.8 Å². The molecule has 2 aliphatic heterocycles. The summed E-state index contributed by atoms with van der Waals surface area (Å²) in [4.78, 5) is 21.8. The molecule has 2 aromatic carbocycles. The van der Waals surface area contributed by atoms with Crippen LogP contribution in [0.15, 0.2) is 36.4 Å². The number of ether oxygens (including phenoxy) is 2. The lowest BCUT2D eigenvalue weighted by Gasteiger charge is -2.17. The number of fused-ring (bicyclic) bond motifs is 2. The Hall–Kier alpha value is -3.02. The van der Waals surface area contributed by atoms with Crippen LogP contribution in [0.3, 0.4) is 0 Å². The summed E-state index contributed by atoms with van der Waals surface area (Å²) in [6.07, 6.45) is 0. The van der Waals surface area contributed by atoms with Crippen molar-refractivity contribution in [3.05, 3.63) is 47.5 Å². The highest BCUT2D eigenvalue weighted by molar-refractivity contribution is 5.96. The first-order valence-electron chi connectivity index (χ1n) is 10.6. The van der Waals surface area contributed by atoms with Crippen LogP contribution in [0.1, 0.15) is 52.7 Å². The minimum absolute atomic E-state index is 0.0897. The molecule has 2 amide bonds. The fourth-order valence-corrected chi connectivity index (χ4v) is 2.38. The monoisotopic (exact) mass is 416 g/mol. The van der Waals surface area contributed by atoms with Crippen molar-refractivity contribution in [3.63, 3.8) is 0 Å². The largest absolute Gasteiger partial charge is 0.482 e. The molecule has 0 unspecified atom stereocenters. The highest BCUT2D eigenvalue weighted by atomic mass is 16.5. The van der Waals surface area contributed by atoms with Gasteiger partial charge in [0, 0.05) is 0 Å². The smallest absolute Gasteiger partial charge is 0.262 e. The van der Waals surface area contributed by atoms with Crippen molar-refractivity contribution in [3.8, 4) is 11.5 Å². The molecule has 2 N–H and O–H groups in total. The van der Waals surface area contributed by atoms with Gasteiger partial charge in [-0.2, -0.15) is 0 Å². The second-order valence-corrected chi connectivity index (χ2v) is 5.67. The maximum absolute atomic E-state index is 10.9. The molecule has 6 nitrogen and oxygen atoms in total. The zero-order valence-corrected chi connectivity index (χ0v) is 19.5. The minimum atomic E-state index is -0.0913. The minimum Gasteiger partial charge on any atom is -0.482 e. The van der Waals surface area contributed by atoms with E-state index in [1.807, 2.05) is 91.8 Å². The predicted molar refractivity (Wildman–Crippen MR) is 125 cm³/mol. The van der Waals surface area contributed by atoms with Gasteiger partial charge in [-0.05, 0) is 49.2 Å². The van der Waals surface area contributed by atoms with E-state index in [0.29, 0.717) is 0 Å². The van der Waals surface area contributed by atoms with Crippen molar-refractivity contribution in [2.24, 2.45) is 0 Å². The third-order valence-electron chi connectivity index (χ3n) is 3.54. The molecular weight excluding hydrogens is 380 g/mol. The van der Waals surface area contributed by atoms with Gasteiger partial charge in [0.2, 0.25) is 0 Å². The summed E-state index contributed by atoms with van der Waals surface area (Å²) in [6, 6.07) is 11.4. The van der Waals surface area contributed by atoms with E-state index in [9.17, 15) is 9.59 Å². The quantitative estimate of drug-likeness (QED) is 0.575. The van der Waals surface area contributed by atoms with Crippen molar-refractivity contribution in [1.82, 2.24) is 0 Å². The Bertz CT molecular complexity index is 804. The first kappa shape index (κ1) is 27.0. The van der Waals surface area contributed by atoms with E-state index < -0.39 is 0 Å². The number of hydrogen-bond donors (Lipinski definition) is 2. The van der Waals surface area contributed by atoms with Gasteiger partial charge in [-0.3, -0.25) is 9.59 Å². The lowest BCUT2D eigenvalue weighted by molar-refractivity contribution is -0.119. The van der Waals surface area contributed by atoms with Gasteiger partial charge >= 0.3 is 0 Å². The first-order valence-corrected chi connectivity index (χ1v) is 10.6. The van der Waals surface area contributed by atoms with Gasteiger partial charge in [0.15, 0.2) is 13.2 Å². The van der Waals surface area contributed by atoms with Crippen LogP contribution in [-0.2, 0) is 9.59 Å². The summed E-state index contributed by atoms with van der Waals surface area (Å²) >= 11 is 0. The van der Waals surface area contributed by atoms with Gasteiger partial charge in [0.1, 0.15) is 11.5 Å². The standard InChI is InChI=1S/2C9H9NO2.3C2H6/c1-6-2-3-8-7(4-6)10-9(11)5-12-8;1-6-2-3-7-8(4-6)12-5-9(11)10-7;3*1-2/h2*2-4H,5H2,1H3,(H,10,11);3*1-2H3. The molecule has 166 valence electrons. The van der Waals surface area contributed by atoms with Crippen LogP contribution < -0.4 is 20.1 Å². The molecule has 6 heteroatoms. The molecule has 2 heterocycles. The number of aryl methyl sites for hydroxylation is 2. The van der Waals surface area contributed by atoms with Crippen LogP contribution in [0, 0.1) is 13.8 Å². The Morgan fingerprint density at radius 1 is 0.633 bits per heavy atom. The predicted octanol–water partition coefficient (Wildman–Crippen LogP) is 5.73. The van der Waals surface area contributed by atoms with E-state index in [2.05, 4.69) is 10.6 Å². The van der Waals surface area contributed by atoms with Crippen molar-refractivity contribution < 1.29 is 19.1 Å². The SMILES string of the molecule is CC.CC.CC.Cc1ccc2c(c1)NC(=O)CO2.Cc1ccc2c(c1)OCC(=O)N2. The van der Waals surface area contributed by atoms with Crippen molar-refractivity contribution >= 4 is 23.2 Å². The van der Waals surface area contributed by atoms with Crippen molar-refractivity contribution in [1.29, 1.82) is 0 Å². The van der Waals surface area contributed by atoms with E-state index in [0.717, 1.165) is 34.0 Å². The average molecular weight is 417 g/mol. The molecule has 0 bridgehead atoms. The fourth-order valence-electron chi connectivity index (χ4n) is 2.38. The molecule has 0 spiro atoms. The van der Waals surface area contributed by atoms with Gasteiger partial charge < -0.3 is 20.1 Å². The number of carbonyl (C=O) groups excluding carboxylic acids is 2. The summed E-state index contributed by atoms with van der Waals surface area (Å²) in [5, 5.41) is 5.46. The van der Waals surface area contributed by atoms with Gasteiger partial charge in [0.05, 0.1) is 11.4 Å². The number of rotatable bonds is 0. The molecule has 0 aromatic heterocycles. The highest BCUT2D eigenvalue weighted by Gasteiger charge is 2.15. The topological polar surface area (TPSA) is 76.7 Å². The maximum atomic E-state index is 10.9. The summed E-state index contributed by atoms with van der Waals surface area (Å²) < 4.78 is 10.4. The Balaban J connectivity index is 0.000000450. The Labute approximate surface area is 181 Å². The van der Waals surface area contributed by atoms with E-state index in [1.54, 1.807) is 0 Å². The molecule has 0 saturated heterocycles. The molecule has 0 aliphatic carbocycles. The van der Waals surface area contributed by atoms with E-state index in [1.165, 1.54) is 0 Å². The number of carbonyl (C=O) groups is 2. The lowest BCUT2D eigenvalue weighted by atomic mass is 10.2. The molecule has 30 heavy (non-hydrogen) atoms. The van der Waals surface area contributed by atoms with Crippen LogP contribution in [0.5, 0.6) is 11.5 Å². The zero-order valence-electron chi connectivity index (χ0n) is 19.5. The lowest BCUT2D eigenvalue weighted by Crippen LogP contribution is -2.25. The number of amides is 2. The second kappa shape index (κ2) is 14.9. The van der Waals surface area contributed by atoms with Gasteiger partial charge in [-0.15, -0.1) is 0 Å². The molecule has 2 aliphatic rings. The summed E-state index contributed by atoms with van der Waals surface area (Å²) in [5.41, 5.74) is 3.77. The van der Waals surface area contributed by atoms with E-state index >= 15 is 0 Å². The second-order valence-electron chi connectivity index (χ2n) is 5.67. The normalized spacial score (nSPS) is 12.3. The first-order chi connectivity index (χ1) is 14.5. The Morgan fingerprint density at radius 2 is 1.10 bits per heavy atom. The molecule has 2 aromatic rings. The zero-order chi connectivity index (χ0) is 23.1. The van der Waals surface area contributed by atoms with Gasteiger partial charge in [-0.25, -0.2) is 0 Å². The number of nitrogens with one attached hydrogen (secondary N) is 2. The summed E-state index contributed by atoms with van der Waals surface area (Å²) in [7, 11) is 0. The van der Waals surface area contributed by atoms with Crippen molar-refractivity contribution in [2.45, 2.75) is 55.4 Å². The third kappa shape index (κ3) is 8.55. The van der Waals surface area contributed by atoms with Crippen LogP contribution in [0.2, 0.25) is 0 Å². The molecule has 4 rings (SSSR count). The molecule has 0 saturated carbocycles. The highest BCUT2D eigenvalue weighted by Crippen LogP contribution is 2.28. The number of hydrogen-bond acceptors (Lipinski definition) is 4. The maximum Gasteiger partial charge on any atom is 0.262 e. The van der Waals surface area contributed by atoms with E-state index in [-0.39, 0.29) is 25.0 Å². The third-order valence-corrected chi connectivity index (χ3v) is 3.54. The number of anilines is 2. The van der Waals surface area contributed by atoms with Crippen LogP contribution >= 0.6 is 0 Å². The Kier molecular flexibility index (Phi) is 13.4. The number of benzene rings is 2. The summed E-state index contributed by atoms with van der Waals surface area (Å²) in [6.45, 7) is 16.2. The Morgan fingerprint density at radius 3 is 1.70 bits per heavy atom. The average Bonchev–Trinajstić information content (AvgIpc) is 2.78. The van der Waals surface area contributed by atoms with Crippen LogP contribution in [-0.4, -0.2) is 25.0 Å². The summed E-state index contributed by atoms with van der Waals surface area (Å²) in [5.74, 6) is 1.33. The molecule has 0 atom stereocenters. The molecule has 0 fully saturated rings. The molecule has 0 radical (unpaired) electrons. The van der Waals surface area contributed by atoms with Crippen molar-refractivity contribution in [2.75, 3.05) is 23.8 Å². The van der Waals surface area contributed by atoms with E-state index in [4.69, 9.17) is 9.47 Å². The van der Waals surface area contributed by atoms with Gasteiger partial charge in [-0.1, -0.05) is 53.7 Å². The molecular formula is C24H36N2O4. The van der Waals surface area contributed by atoms with Crippen LogP contribution in [0.25, 0.3) is 0 Å². The van der Waals surface area contributed by atoms with Crippen LogP contribution in [0.4, 0.5) is 11.4 Å².